The van der Waals surface area contributed by atoms with Crippen LogP contribution in [0.2, 0.25) is 0 Å². The number of fused-ring (bicyclic) bond motifs is 1. The van der Waals surface area contributed by atoms with Gasteiger partial charge in [0.25, 0.3) is 0 Å². The Bertz CT molecular complexity index is 724. The van der Waals surface area contributed by atoms with Gasteiger partial charge in [-0.05, 0) is 37.0 Å². The van der Waals surface area contributed by atoms with Crippen molar-refractivity contribution in [1.29, 1.82) is 0 Å². The minimum atomic E-state index is -0.158. The van der Waals surface area contributed by atoms with Crippen LogP contribution >= 0.6 is 0 Å². The summed E-state index contributed by atoms with van der Waals surface area (Å²) in [6.45, 7) is 0.647. The number of ether oxygens (including phenoxy) is 2. The molecule has 1 N–H and O–H groups in total. The Kier molecular flexibility index (Phi) is 6.54. The minimum absolute atomic E-state index is 0.0900. The fourth-order valence-electron chi connectivity index (χ4n) is 4.14. The molecular weight excluding hydrogens is 360 g/mol. The Hall–Kier alpha value is -2.57. The first-order valence-electron chi connectivity index (χ1n) is 9.88. The number of likely N-dealkylation sites (tertiary alicyclic amines) is 1. The van der Waals surface area contributed by atoms with Crippen LogP contribution in [0.15, 0.2) is 18.2 Å². The third kappa shape index (κ3) is 4.29. The highest BCUT2D eigenvalue weighted by molar-refractivity contribution is 6.05. The molecule has 1 aromatic carbocycles. The number of imide groups is 1. The molecular formula is C21H28N2O5. The number of methoxy groups -OCH3 is 2. The smallest absolute Gasteiger partial charge is 0.233 e. The van der Waals surface area contributed by atoms with E-state index in [2.05, 4.69) is 5.32 Å². The number of benzene rings is 1. The van der Waals surface area contributed by atoms with Gasteiger partial charge in [0, 0.05) is 19.5 Å². The molecule has 1 saturated carbocycles. The lowest BCUT2D eigenvalue weighted by atomic mass is 9.81. The van der Waals surface area contributed by atoms with Crippen LogP contribution in [0, 0.1) is 11.8 Å². The summed E-state index contributed by atoms with van der Waals surface area (Å²) in [5, 5.41) is 2.85. The maximum atomic E-state index is 12.4. The van der Waals surface area contributed by atoms with Crippen molar-refractivity contribution in [1.82, 2.24) is 10.2 Å². The van der Waals surface area contributed by atoms with Crippen LogP contribution < -0.4 is 14.8 Å². The SMILES string of the molecule is COc1ccc(CCNC(=O)CCN2C(=O)[C@@H]3CCCC[C@H]3C2=O)cc1OC. The van der Waals surface area contributed by atoms with Gasteiger partial charge in [-0.2, -0.15) is 0 Å². The molecule has 0 aromatic heterocycles. The van der Waals surface area contributed by atoms with E-state index in [0.29, 0.717) is 24.5 Å². The zero-order valence-electron chi connectivity index (χ0n) is 16.5. The number of hydrogen-bond acceptors (Lipinski definition) is 5. The third-order valence-electron chi connectivity index (χ3n) is 5.68. The molecule has 2 atom stereocenters. The Morgan fingerprint density at radius 3 is 2.32 bits per heavy atom. The number of nitrogens with zero attached hydrogens (tertiary/aromatic N) is 1. The molecule has 7 nitrogen and oxygen atoms in total. The number of carbonyl (C=O) groups excluding carboxylic acids is 3. The number of rotatable bonds is 8. The average Bonchev–Trinajstić information content (AvgIpc) is 2.96. The Balaban J connectivity index is 1.44. The molecule has 3 rings (SSSR count). The fourth-order valence-corrected chi connectivity index (χ4v) is 4.14. The van der Waals surface area contributed by atoms with Gasteiger partial charge in [0.05, 0.1) is 26.1 Å². The largest absolute Gasteiger partial charge is 0.493 e. The van der Waals surface area contributed by atoms with E-state index in [1.54, 1.807) is 14.2 Å². The van der Waals surface area contributed by atoms with E-state index in [1.165, 1.54) is 4.90 Å². The summed E-state index contributed by atoms with van der Waals surface area (Å²) in [4.78, 5) is 38.3. The molecule has 28 heavy (non-hydrogen) atoms. The average molecular weight is 388 g/mol. The van der Waals surface area contributed by atoms with Crippen LogP contribution in [0.5, 0.6) is 11.5 Å². The second-order valence-electron chi connectivity index (χ2n) is 7.36. The topological polar surface area (TPSA) is 84.9 Å². The molecule has 2 fully saturated rings. The maximum Gasteiger partial charge on any atom is 0.233 e. The van der Waals surface area contributed by atoms with E-state index in [4.69, 9.17) is 9.47 Å². The quantitative estimate of drug-likeness (QED) is 0.688. The number of hydrogen-bond donors (Lipinski definition) is 1. The van der Waals surface area contributed by atoms with E-state index < -0.39 is 0 Å². The third-order valence-corrected chi connectivity index (χ3v) is 5.68. The van der Waals surface area contributed by atoms with Crippen molar-refractivity contribution in [2.24, 2.45) is 11.8 Å². The second kappa shape index (κ2) is 9.08. The van der Waals surface area contributed by atoms with E-state index in [-0.39, 0.29) is 42.5 Å². The van der Waals surface area contributed by atoms with Gasteiger partial charge >= 0.3 is 0 Å². The predicted octanol–water partition coefficient (Wildman–Crippen LogP) is 1.93. The van der Waals surface area contributed by atoms with Crippen molar-refractivity contribution in [3.8, 4) is 11.5 Å². The first-order chi connectivity index (χ1) is 13.5. The van der Waals surface area contributed by atoms with Crippen molar-refractivity contribution in [2.75, 3.05) is 27.3 Å². The molecule has 0 unspecified atom stereocenters. The van der Waals surface area contributed by atoms with Gasteiger partial charge in [-0.3, -0.25) is 19.3 Å². The number of amides is 3. The molecule has 0 radical (unpaired) electrons. The summed E-state index contributed by atoms with van der Waals surface area (Å²) in [5.41, 5.74) is 1.02. The zero-order valence-corrected chi connectivity index (χ0v) is 16.5. The van der Waals surface area contributed by atoms with Crippen molar-refractivity contribution < 1.29 is 23.9 Å². The Labute approximate surface area is 165 Å². The van der Waals surface area contributed by atoms with Gasteiger partial charge in [0.2, 0.25) is 17.7 Å². The van der Waals surface area contributed by atoms with Crippen molar-refractivity contribution in [2.45, 2.75) is 38.5 Å². The minimum Gasteiger partial charge on any atom is -0.493 e. The highest BCUT2D eigenvalue weighted by atomic mass is 16.5. The van der Waals surface area contributed by atoms with E-state index in [1.807, 2.05) is 18.2 Å². The molecule has 3 amide bonds. The van der Waals surface area contributed by atoms with Crippen molar-refractivity contribution >= 4 is 17.7 Å². The maximum absolute atomic E-state index is 12.4. The van der Waals surface area contributed by atoms with Gasteiger partial charge < -0.3 is 14.8 Å². The highest BCUT2D eigenvalue weighted by Gasteiger charge is 2.47. The Morgan fingerprint density at radius 2 is 1.71 bits per heavy atom. The fraction of sp³-hybridized carbons (Fsp3) is 0.571. The van der Waals surface area contributed by atoms with Gasteiger partial charge in [-0.15, -0.1) is 0 Å². The van der Waals surface area contributed by atoms with Crippen LogP contribution in [0.1, 0.15) is 37.7 Å². The molecule has 152 valence electrons. The summed E-state index contributed by atoms with van der Waals surface area (Å²) in [5.74, 6) is 0.662. The van der Waals surface area contributed by atoms with Crippen LogP contribution in [-0.4, -0.2) is 49.9 Å². The summed E-state index contributed by atoms with van der Waals surface area (Å²) in [6, 6.07) is 5.64. The van der Waals surface area contributed by atoms with E-state index in [9.17, 15) is 14.4 Å². The monoisotopic (exact) mass is 388 g/mol. The van der Waals surface area contributed by atoms with Gasteiger partial charge in [0.1, 0.15) is 0 Å². The zero-order chi connectivity index (χ0) is 20.1. The van der Waals surface area contributed by atoms with Crippen LogP contribution in [0.25, 0.3) is 0 Å². The first kappa shape index (κ1) is 20.2. The van der Waals surface area contributed by atoms with Gasteiger partial charge in [-0.1, -0.05) is 18.9 Å². The lowest BCUT2D eigenvalue weighted by molar-refractivity contribution is -0.140. The first-order valence-corrected chi connectivity index (χ1v) is 9.88. The molecule has 0 spiro atoms. The summed E-state index contributed by atoms with van der Waals surface area (Å²) >= 11 is 0. The lowest BCUT2D eigenvalue weighted by Crippen LogP contribution is -2.35. The standard InChI is InChI=1S/C21H28N2O5/c1-27-17-8-7-14(13-18(17)28-2)9-11-22-19(24)10-12-23-20(25)15-5-3-4-6-16(15)21(23)26/h7-8,13,15-16H,3-6,9-12H2,1-2H3,(H,22,24)/t15-,16-/m1/s1. The normalized spacial score (nSPS) is 21.4. The molecule has 7 heteroatoms. The molecule has 1 aliphatic heterocycles. The lowest BCUT2D eigenvalue weighted by Gasteiger charge is -2.19. The molecule has 1 heterocycles. The predicted molar refractivity (Wildman–Crippen MR) is 103 cm³/mol. The van der Waals surface area contributed by atoms with Crippen LogP contribution in [0.3, 0.4) is 0 Å². The molecule has 1 aliphatic carbocycles. The summed E-state index contributed by atoms with van der Waals surface area (Å²) in [7, 11) is 3.17. The molecule has 1 saturated heterocycles. The van der Waals surface area contributed by atoms with Gasteiger partial charge in [-0.25, -0.2) is 0 Å². The number of carbonyl (C=O) groups is 3. The van der Waals surface area contributed by atoms with Crippen LogP contribution in [-0.2, 0) is 20.8 Å². The molecule has 2 aliphatic rings. The Morgan fingerprint density at radius 1 is 1.07 bits per heavy atom. The van der Waals surface area contributed by atoms with Crippen molar-refractivity contribution in [3.05, 3.63) is 23.8 Å². The van der Waals surface area contributed by atoms with E-state index in [0.717, 1.165) is 31.2 Å². The van der Waals surface area contributed by atoms with Gasteiger partial charge in [0.15, 0.2) is 11.5 Å². The molecule has 1 aromatic rings. The summed E-state index contributed by atoms with van der Waals surface area (Å²) < 4.78 is 10.5. The highest BCUT2D eigenvalue weighted by Crippen LogP contribution is 2.37. The van der Waals surface area contributed by atoms with Crippen LogP contribution in [0.4, 0.5) is 0 Å². The van der Waals surface area contributed by atoms with E-state index >= 15 is 0 Å². The van der Waals surface area contributed by atoms with Crippen molar-refractivity contribution in [3.63, 3.8) is 0 Å². The molecule has 0 bridgehead atoms. The summed E-state index contributed by atoms with van der Waals surface area (Å²) in [6.07, 6.45) is 4.39. The second-order valence-corrected chi connectivity index (χ2v) is 7.36. The number of nitrogens with one attached hydrogen (secondary N) is 1.